The fourth-order valence-corrected chi connectivity index (χ4v) is 0.902. The zero-order valence-corrected chi connectivity index (χ0v) is 6.88. The fraction of sp³-hybridized carbons (Fsp3) is 1.00. The van der Waals surface area contributed by atoms with Crippen LogP contribution < -0.4 is 0 Å². The molecule has 6 heteroatoms. The molecular weight excluding hydrogens is 194 g/mol. The van der Waals surface area contributed by atoms with Crippen molar-refractivity contribution in [2.75, 3.05) is 6.61 Å². The SMILES string of the molecule is CCCCCOP(=O)(O)O.[KH]. The topological polar surface area (TPSA) is 66.8 Å². The first-order chi connectivity index (χ1) is 4.56. The molecule has 0 aromatic carbocycles. The van der Waals surface area contributed by atoms with E-state index in [0.717, 1.165) is 12.8 Å². The third-order valence-electron chi connectivity index (χ3n) is 1.01. The van der Waals surface area contributed by atoms with Crippen molar-refractivity contribution in [2.24, 2.45) is 0 Å². The van der Waals surface area contributed by atoms with Crippen molar-refractivity contribution < 1.29 is 18.9 Å². The molecule has 0 aliphatic heterocycles. The molecule has 0 fully saturated rings. The normalized spacial score (nSPS) is 10.8. The van der Waals surface area contributed by atoms with Gasteiger partial charge in [-0.2, -0.15) is 0 Å². The number of hydrogen-bond donors (Lipinski definition) is 2. The van der Waals surface area contributed by atoms with Gasteiger partial charge in [-0.1, -0.05) is 19.8 Å². The first kappa shape index (κ1) is 15.2. The molecule has 0 heterocycles. The fourth-order valence-electron chi connectivity index (χ4n) is 0.536. The second-order valence-corrected chi connectivity index (χ2v) is 3.27. The van der Waals surface area contributed by atoms with Crippen molar-refractivity contribution in [3.05, 3.63) is 0 Å². The first-order valence-corrected chi connectivity index (χ1v) is 4.79. The van der Waals surface area contributed by atoms with Crippen LogP contribution in [0.1, 0.15) is 26.2 Å². The van der Waals surface area contributed by atoms with Gasteiger partial charge in [0.15, 0.2) is 0 Å². The van der Waals surface area contributed by atoms with Crippen molar-refractivity contribution in [1.82, 2.24) is 0 Å². The van der Waals surface area contributed by atoms with Crippen LogP contribution in [-0.4, -0.2) is 67.8 Å². The molecule has 0 aliphatic carbocycles. The summed E-state index contributed by atoms with van der Waals surface area (Å²) >= 11 is 0. The van der Waals surface area contributed by atoms with Gasteiger partial charge in [-0.25, -0.2) is 4.57 Å². The van der Waals surface area contributed by atoms with Crippen molar-refractivity contribution in [3.63, 3.8) is 0 Å². The Morgan fingerprint density at radius 1 is 1.36 bits per heavy atom. The third-order valence-corrected chi connectivity index (χ3v) is 1.53. The Balaban J connectivity index is 0. The van der Waals surface area contributed by atoms with E-state index in [2.05, 4.69) is 4.52 Å². The van der Waals surface area contributed by atoms with Crippen LogP contribution in [0.3, 0.4) is 0 Å². The zero-order chi connectivity index (χ0) is 8.04. The van der Waals surface area contributed by atoms with Gasteiger partial charge in [-0.05, 0) is 6.42 Å². The van der Waals surface area contributed by atoms with Crippen LogP contribution >= 0.6 is 7.82 Å². The van der Waals surface area contributed by atoms with Crippen LogP contribution in [0.25, 0.3) is 0 Å². The number of rotatable bonds is 5. The minimum atomic E-state index is -4.21. The maximum absolute atomic E-state index is 10.1. The standard InChI is InChI=1S/C5H13O4P.K.H/c1-2-3-4-5-9-10(6,7)8;;/h2-5H2,1H3,(H2,6,7,8);;. The van der Waals surface area contributed by atoms with Gasteiger partial charge < -0.3 is 9.79 Å². The third kappa shape index (κ3) is 14.6. The predicted molar refractivity (Wildman–Crippen MR) is 44.7 cm³/mol. The summed E-state index contributed by atoms with van der Waals surface area (Å²) in [5.74, 6) is 0. The van der Waals surface area contributed by atoms with Crippen molar-refractivity contribution in [1.29, 1.82) is 0 Å². The molecule has 11 heavy (non-hydrogen) atoms. The molecule has 0 bridgehead atoms. The molecule has 0 atom stereocenters. The van der Waals surface area contributed by atoms with Gasteiger partial charge >= 0.3 is 59.2 Å². The predicted octanol–water partition coefficient (Wildman–Crippen LogP) is 0.637. The summed E-state index contributed by atoms with van der Waals surface area (Å²) in [7, 11) is -4.21. The van der Waals surface area contributed by atoms with Crippen LogP contribution in [0.4, 0.5) is 0 Å². The van der Waals surface area contributed by atoms with Gasteiger partial charge in [-0.15, -0.1) is 0 Å². The van der Waals surface area contributed by atoms with E-state index in [1.54, 1.807) is 0 Å². The second kappa shape index (κ2) is 8.35. The maximum atomic E-state index is 10.1. The molecule has 2 N–H and O–H groups in total. The molecule has 0 saturated carbocycles. The van der Waals surface area contributed by atoms with E-state index in [9.17, 15) is 4.57 Å². The number of unbranched alkanes of at least 4 members (excludes halogenated alkanes) is 2. The average molecular weight is 208 g/mol. The number of phosphoric acid groups is 1. The van der Waals surface area contributed by atoms with Crippen LogP contribution in [0.5, 0.6) is 0 Å². The Morgan fingerprint density at radius 2 is 1.91 bits per heavy atom. The molecule has 0 radical (unpaired) electrons. The first-order valence-electron chi connectivity index (χ1n) is 3.26. The molecule has 64 valence electrons. The summed E-state index contributed by atoms with van der Waals surface area (Å²) in [6.07, 6.45) is 2.67. The minimum absolute atomic E-state index is 0. The molecule has 0 saturated heterocycles. The molecule has 0 amide bonds. The molecule has 0 unspecified atom stereocenters. The molecular formula is C5H14KO4P. The van der Waals surface area contributed by atoms with E-state index >= 15 is 0 Å². The molecule has 4 nitrogen and oxygen atoms in total. The Morgan fingerprint density at radius 3 is 2.27 bits per heavy atom. The summed E-state index contributed by atoms with van der Waals surface area (Å²) < 4.78 is 14.3. The van der Waals surface area contributed by atoms with Gasteiger partial charge in [0.2, 0.25) is 0 Å². The quantitative estimate of drug-likeness (QED) is 0.395. The molecule has 0 aromatic heterocycles. The molecule has 0 spiro atoms. The van der Waals surface area contributed by atoms with Gasteiger partial charge in [-0.3, -0.25) is 4.52 Å². The van der Waals surface area contributed by atoms with Crippen molar-refractivity contribution in [3.8, 4) is 0 Å². The van der Waals surface area contributed by atoms with Crippen molar-refractivity contribution >= 4 is 59.2 Å². The van der Waals surface area contributed by atoms with Gasteiger partial charge in [0, 0.05) is 0 Å². The van der Waals surface area contributed by atoms with Crippen LogP contribution in [0, 0.1) is 0 Å². The zero-order valence-electron chi connectivity index (χ0n) is 5.99. The van der Waals surface area contributed by atoms with Crippen molar-refractivity contribution in [2.45, 2.75) is 26.2 Å². The summed E-state index contributed by atoms with van der Waals surface area (Å²) in [5.41, 5.74) is 0. The van der Waals surface area contributed by atoms with E-state index < -0.39 is 7.82 Å². The van der Waals surface area contributed by atoms with E-state index in [1.165, 1.54) is 0 Å². The Labute approximate surface area is 109 Å². The summed E-state index contributed by atoms with van der Waals surface area (Å²) in [6.45, 7) is 2.16. The van der Waals surface area contributed by atoms with Gasteiger partial charge in [0.05, 0.1) is 6.61 Å². The Hall–Kier alpha value is 1.75. The van der Waals surface area contributed by atoms with E-state index in [1.807, 2.05) is 6.92 Å². The Kier molecular flexibility index (Phi) is 11.6. The average Bonchev–Trinajstić information content (AvgIpc) is 1.78. The monoisotopic (exact) mass is 208 g/mol. The number of hydrogen-bond acceptors (Lipinski definition) is 2. The van der Waals surface area contributed by atoms with E-state index in [4.69, 9.17) is 9.79 Å². The second-order valence-electron chi connectivity index (χ2n) is 2.03. The van der Waals surface area contributed by atoms with E-state index in [-0.39, 0.29) is 58.0 Å². The molecule has 0 rings (SSSR count). The van der Waals surface area contributed by atoms with E-state index in [0.29, 0.717) is 6.42 Å². The Bertz CT molecular complexity index is 124. The summed E-state index contributed by atoms with van der Waals surface area (Å²) in [4.78, 5) is 16.4. The van der Waals surface area contributed by atoms with Gasteiger partial charge in [0.1, 0.15) is 0 Å². The summed E-state index contributed by atoms with van der Waals surface area (Å²) in [5, 5.41) is 0. The molecule has 0 aromatic rings. The van der Waals surface area contributed by atoms with Gasteiger partial charge in [0.25, 0.3) is 0 Å². The summed E-state index contributed by atoms with van der Waals surface area (Å²) in [6, 6.07) is 0. The number of phosphoric ester groups is 1. The van der Waals surface area contributed by atoms with Crippen LogP contribution in [0.15, 0.2) is 0 Å². The molecule has 0 aliphatic rings. The van der Waals surface area contributed by atoms with Crippen LogP contribution in [-0.2, 0) is 9.09 Å². The van der Waals surface area contributed by atoms with Crippen LogP contribution in [0.2, 0.25) is 0 Å².